The van der Waals surface area contributed by atoms with Crippen LogP contribution >= 0.6 is 0 Å². The second-order valence-electron chi connectivity index (χ2n) is 6.33. The van der Waals surface area contributed by atoms with Gasteiger partial charge < -0.3 is 24.4 Å². The first-order chi connectivity index (χ1) is 13.1. The van der Waals surface area contributed by atoms with Gasteiger partial charge in [0, 0.05) is 31.5 Å². The van der Waals surface area contributed by atoms with Gasteiger partial charge in [-0.15, -0.1) is 0 Å². The fourth-order valence-electron chi connectivity index (χ4n) is 2.97. The second kappa shape index (κ2) is 11.4. The molecule has 1 heterocycles. The van der Waals surface area contributed by atoms with Crippen LogP contribution in [0.2, 0.25) is 0 Å². The summed E-state index contributed by atoms with van der Waals surface area (Å²) in [5, 5.41) is 3.14. The van der Waals surface area contributed by atoms with Crippen molar-refractivity contribution >= 4 is 17.6 Å². The first-order valence-electron chi connectivity index (χ1n) is 9.63. The molecule has 1 aliphatic rings. The van der Waals surface area contributed by atoms with Gasteiger partial charge in [-0.3, -0.25) is 9.59 Å². The van der Waals surface area contributed by atoms with Gasteiger partial charge >= 0.3 is 5.97 Å². The van der Waals surface area contributed by atoms with Crippen molar-refractivity contribution in [3.63, 3.8) is 0 Å². The zero-order valence-electron chi connectivity index (χ0n) is 16.2. The molecule has 1 amide bonds. The lowest BCUT2D eigenvalue weighted by Gasteiger charge is -2.31. The molecule has 7 nitrogen and oxygen atoms in total. The molecule has 0 unspecified atom stereocenters. The summed E-state index contributed by atoms with van der Waals surface area (Å²) < 4.78 is 15.9. The van der Waals surface area contributed by atoms with Gasteiger partial charge in [0.25, 0.3) is 0 Å². The Balaban J connectivity index is 1.73. The number of hydrogen-bond donors (Lipinski definition) is 1. The molecule has 0 aromatic heterocycles. The van der Waals surface area contributed by atoms with Crippen molar-refractivity contribution < 1.29 is 23.8 Å². The molecule has 0 saturated carbocycles. The molecule has 0 radical (unpaired) electrons. The molecular weight excluding hydrogens is 348 g/mol. The summed E-state index contributed by atoms with van der Waals surface area (Å²) >= 11 is 0. The molecule has 1 N–H and O–H groups in total. The van der Waals surface area contributed by atoms with Gasteiger partial charge in [-0.05, 0) is 38.8 Å². The van der Waals surface area contributed by atoms with Crippen LogP contribution in [0.15, 0.2) is 24.3 Å². The van der Waals surface area contributed by atoms with E-state index < -0.39 is 0 Å². The van der Waals surface area contributed by atoms with Crippen LogP contribution in [0.1, 0.15) is 26.7 Å². The van der Waals surface area contributed by atoms with Crippen molar-refractivity contribution in [2.75, 3.05) is 51.4 Å². The molecule has 0 atom stereocenters. The van der Waals surface area contributed by atoms with E-state index in [9.17, 15) is 9.59 Å². The Morgan fingerprint density at radius 2 is 1.93 bits per heavy atom. The second-order valence-corrected chi connectivity index (χ2v) is 6.33. The monoisotopic (exact) mass is 378 g/mol. The predicted octanol–water partition coefficient (Wildman–Crippen LogP) is 2.32. The Morgan fingerprint density at radius 3 is 2.63 bits per heavy atom. The van der Waals surface area contributed by atoms with Gasteiger partial charge in [0.1, 0.15) is 12.4 Å². The molecule has 0 bridgehead atoms. The van der Waals surface area contributed by atoms with Crippen LogP contribution < -0.4 is 10.1 Å². The van der Waals surface area contributed by atoms with E-state index >= 15 is 0 Å². The maximum absolute atomic E-state index is 12.4. The third kappa shape index (κ3) is 7.09. The molecule has 1 aromatic carbocycles. The summed E-state index contributed by atoms with van der Waals surface area (Å²) in [4.78, 5) is 26.0. The number of esters is 1. The number of amides is 1. The summed E-state index contributed by atoms with van der Waals surface area (Å²) in [6.07, 6.45) is 1.32. The lowest BCUT2D eigenvalue weighted by Crippen LogP contribution is -2.43. The van der Waals surface area contributed by atoms with Crippen molar-refractivity contribution in [3.05, 3.63) is 24.3 Å². The summed E-state index contributed by atoms with van der Waals surface area (Å²) in [7, 11) is 0. The van der Waals surface area contributed by atoms with Gasteiger partial charge in [-0.1, -0.05) is 6.07 Å². The number of ether oxygens (including phenoxy) is 3. The first kappa shape index (κ1) is 21.0. The molecule has 7 heteroatoms. The van der Waals surface area contributed by atoms with E-state index in [0.717, 1.165) is 11.4 Å². The lowest BCUT2D eigenvalue weighted by molar-refractivity contribution is -0.151. The van der Waals surface area contributed by atoms with Gasteiger partial charge in [0.05, 0.1) is 25.7 Å². The normalized spacial score (nSPS) is 14.7. The molecule has 150 valence electrons. The minimum absolute atomic E-state index is 0.0278. The quantitative estimate of drug-likeness (QED) is 0.497. The highest BCUT2D eigenvalue weighted by Crippen LogP contribution is 2.20. The Kier molecular flexibility index (Phi) is 8.91. The Bertz CT molecular complexity index is 600. The number of carbonyl (C=O) groups is 2. The van der Waals surface area contributed by atoms with E-state index in [4.69, 9.17) is 14.2 Å². The van der Waals surface area contributed by atoms with Crippen LogP contribution in [0.25, 0.3) is 0 Å². The number of nitrogens with zero attached hydrogens (tertiary/aromatic N) is 1. The molecule has 0 aliphatic carbocycles. The van der Waals surface area contributed by atoms with Gasteiger partial charge in [0.15, 0.2) is 0 Å². The molecule has 27 heavy (non-hydrogen) atoms. The number of nitrogens with one attached hydrogen (secondary N) is 1. The topological polar surface area (TPSA) is 77.1 Å². The van der Waals surface area contributed by atoms with Crippen LogP contribution in [-0.4, -0.2) is 62.8 Å². The number of likely N-dealkylation sites (tertiary alicyclic amines) is 1. The highest BCUT2D eigenvalue weighted by molar-refractivity contribution is 5.81. The summed E-state index contributed by atoms with van der Waals surface area (Å²) in [5.41, 5.74) is 0.832. The van der Waals surface area contributed by atoms with E-state index in [1.807, 2.05) is 31.2 Å². The fraction of sp³-hybridized carbons (Fsp3) is 0.600. The zero-order valence-corrected chi connectivity index (χ0v) is 16.2. The van der Waals surface area contributed by atoms with Crippen molar-refractivity contribution in [2.24, 2.45) is 5.92 Å². The van der Waals surface area contributed by atoms with Crippen molar-refractivity contribution in [1.29, 1.82) is 0 Å². The molecule has 2 rings (SSSR count). The number of piperidine rings is 1. The number of hydrogen-bond acceptors (Lipinski definition) is 6. The molecule has 1 fully saturated rings. The number of benzene rings is 1. The first-order valence-corrected chi connectivity index (χ1v) is 9.63. The predicted molar refractivity (Wildman–Crippen MR) is 103 cm³/mol. The van der Waals surface area contributed by atoms with Crippen molar-refractivity contribution in [3.8, 4) is 5.75 Å². The van der Waals surface area contributed by atoms with Crippen molar-refractivity contribution in [2.45, 2.75) is 26.7 Å². The largest absolute Gasteiger partial charge is 0.491 e. The average Bonchev–Trinajstić information content (AvgIpc) is 2.70. The van der Waals surface area contributed by atoms with Crippen LogP contribution in [0, 0.1) is 5.92 Å². The molecule has 1 aliphatic heterocycles. The molecular formula is C20H30N2O5. The van der Waals surface area contributed by atoms with E-state index in [0.29, 0.717) is 52.4 Å². The zero-order chi connectivity index (χ0) is 19.5. The van der Waals surface area contributed by atoms with Crippen LogP contribution in [0.5, 0.6) is 5.75 Å². The van der Waals surface area contributed by atoms with Gasteiger partial charge in [0.2, 0.25) is 5.91 Å². The third-order valence-corrected chi connectivity index (χ3v) is 4.45. The maximum Gasteiger partial charge on any atom is 0.309 e. The minimum atomic E-state index is -0.149. The van der Waals surface area contributed by atoms with E-state index in [2.05, 4.69) is 5.32 Å². The molecule has 1 aromatic rings. The van der Waals surface area contributed by atoms with Gasteiger partial charge in [-0.25, -0.2) is 0 Å². The highest BCUT2D eigenvalue weighted by atomic mass is 16.5. The van der Waals surface area contributed by atoms with E-state index in [1.165, 1.54) is 0 Å². The fourth-order valence-corrected chi connectivity index (χ4v) is 2.97. The standard InChI is InChI=1S/C20H30N2O5/c1-3-25-12-13-27-18-7-5-6-17(14-18)21-15-19(23)22-10-8-16(9-11-22)20(24)26-4-2/h5-7,14,16,21H,3-4,8-13,15H2,1-2H3. The third-order valence-electron chi connectivity index (χ3n) is 4.45. The van der Waals surface area contributed by atoms with E-state index in [1.54, 1.807) is 11.8 Å². The van der Waals surface area contributed by atoms with Crippen molar-refractivity contribution in [1.82, 2.24) is 4.90 Å². The van der Waals surface area contributed by atoms with Gasteiger partial charge in [-0.2, -0.15) is 0 Å². The van der Waals surface area contributed by atoms with E-state index in [-0.39, 0.29) is 24.3 Å². The number of anilines is 1. The minimum Gasteiger partial charge on any atom is -0.491 e. The average molecular weight is 378 g/mol. The Labute approximate surface area is 161 Å². The highest BCUT2D eigenvalue weighted by Gasteiger charge is 2.27. The Hall–Kier alpha value is -2.28. The number of carbonyl (C=O) groups excluding carboxylic acids is 2. The Morgan fingerprint density at radius 1 is 1.15 bits per heavy atom. The van der Waals surface area contributed by atoms with Crippen LogP contribution in [0.3, 0.4) is 0 Å². The number of rotatable bonds is 10. The summed E-state index contributed by atoms with van der Waals surface area (Å²) in [5.74, 6) is 0.527. The molecule has 1 saturated heterocycles. The van der Waals surface area contributed by atoms with Crippen LogP contribution in [-0.2, 0) is 19.1 Å². The van der Waals surface area contributed by atoms with Crippen LogP contribution in [0.4, 0.5) is 5.69 Å². The SMILES string of the molecule is CCOCCOc1cccc(NCC(=O)N2CCC(C(=O)OCC)CC2)c1. The summed E-state index contributed by atoms with van der Waals surface area (Å²) in [6, 6.07) is 7.52. The maximum atomic E-state index is 12.4. The summed E-state index contributed by atoms with van der Waals surface area (Å²) in [6.45, 7) is 7.25. The lowest BCUT2D eigenvalue weighted by atomic mass is 9.97. The molecule has 0 spiro atoms. The smallest absolute Gasteiger partial charge is 0.309 e.